The van der Waals surface area contributed by atoms with Crippen LogP contribution in [0.3, 0.4) is 0 Å². The molecule has 1 aromatic heterocycles. The van der Waals surface area contributed by atoms with Gasteiger partial charge in [-0.25, -0.2) is 8.42 Å². The van der Waals surface area contributed by atoms with E-state index in [1.54, 1.807) is 31.2 Å². The lowest BCUT2D eigenvalue weighted by molar-refractivity contribution is -0.121. The first-order valence-electron chi connectivity index (χ1n) is 9.98. The van der Waals surface area contributed by atoms with E-state index in [4.69, 9.17) is 25.6 Å². The minimum Gasteiger partial charge on any atom is -0.494 e. The molecule has 2 aromatic carbocycles. The zero-order chi connectivity index (χ0) is 23.8. The molecular weight excluding hydrogens is 472 g/mol. The molecule has 1 aliphatic rings. The molecule has 0 saturated carbocycles. The standard InChI is InChI=1S/C21H21ClN4O6S/c1-4-30-15-7-5-14(6-8-15)25(3)33(28,29)19-10-18-17(9-16(19)22)26(21(27)12-31-18)11-20-23-13(2)32-24-20/h5-10H,4,11-12H2,1-3H3. The summed E-state index contributed by atoms with van der Waals surface area (Å²) < 4.78 is 43.7. The smallest absolute Gasteiger partial charge is 0.265 e. The fraction of sp³-hybridized carbons (Fsp3) is 0.286. The molecule has 0 aliphatic carbocycles. The minimum absolute atomic E-state index is 0.0288. The summed E-state index contributed by atoms with van der Waals surface area (Å²) in [4.78, 5) is 17.8. The van der Waals surface area contributed by atoms with Crippen molar-refractivity contribution < 1.29 is 27.2 Å². The lowest BCUT2D eigenvalue weighted by Gasteiger charge is -2.29. The molecule has 1 aliphatic heterocycles. The number of carbonyl (C=O) groups is 1. The van der Waals surface area contributed by atoms with Gasteiger partial charge in [-0.05, 0) is 37.3 Å². The van der Waals surface area contributed by atoms with Crippen LogP contribution in [-0.2, 0) is 21.4 Å². The molecule has 2 heterocycles. The topological polar surface area (TPSA) is 115 Å². The number of aryl methyl sites for hydroxylation is 1. The van der Waals surface area contributed by atoms with Gasteiger partial charge in [0.15, 0.2) is 12.4 Å². The Morgan fingerprint density at radius 1 is 1.24 bits per heavy atom. The fourth-order valence-corrected chi connectivity index (χ4v) is 5.03. The second kappa shape index (κ2) is 8.91. The Hall–Kier alpha value is -3.31. The van der Waals surface area contributed by atoms with Gasteiger partial charge < -0.3 is 14.0 Å². The van der Waals surface area contributed by atoms with Crippen molar-refractivity contribution in [2.75, 3.05) is 29.5 Å². The van der Waals surface area contributed by atoms with Crippen LogP contribution in [0.25, 0.3) is 0 Å². The van der Waals surface area contributed by atoms with Crippen molar-refractivity contribution in [1.82, 2.24) is 10.1 Å². The maximum absolute atomic E-state index is 13.3. The summed E-state index contributed by atoms with van der Waals surface area (Å²) in [5.41, 5.74) is 0.749. The van der Waals surface area contributed by atoms with Crippen LogP contribution >= 0.6 is 11.6 Å². The molecule has 0 bridgehead atoms. The highest BCUT2D eigenvalue weighted by atomic mass is 35.5. The summed E-state index contributed by atoms with van der Waals surface area (Å²) in [6.07, 6.45) is 0. The van der Waals surface area contributed by atoms with Crippen LogP contribution < -0.4 is 18.7 Å². The van der Waals surface area contributed by atoms with E-state index in [9.17, 15) is 13.2 Å². The van der Waals surface area contributed by atoms with Crippen molar-refractivity contribution in [2.45, 2.75) is 25.3 Å². The van der Waals surface area contributed by atoms with Gasteiger partial charge in [0.25, 0.3) is 15.9 Å². The molecule has 4 rings (SSSR count). The predicted molar refractivity (Wildman–Crippen MR) is 120 cm³/mol. The lowest BCUT2D eigenvalue weighted by atomic mass is 10.2. The third-order valence-electron chi connectivity index (χ3n) is 4.98. The van der Waals surface area contributed by atoms with Gasteiger partial charge in [0.05, 0.1) is 29.5 Å². The molecule has 0 unspecified atom stereocenters. The van der Waals surface area contributed by atoms with Gasteiger partial charge in [-0.3, -0.25) is 14.0 Å². The molecule has 0 fully saturated rings. The van der Waals surface area contributed by atoms with Gasteiger partial charge >= 0.3 is 0 Å². The maximum atomic E-state index is 13.3. The number of halogens is 1. The van der Waals surface area contributed by atoms with E-state index in [2.05, 4.69) is 10.1 Å². The Morgan fingerprint density at radius 3 is 2.61 bits per heavy atom. The summed E-state index contributed by atoms with van der Waals surface area (Å²) in [7, 11) is -2.60. The number of ether oxygens (including phenoxy) is 2. The molecule has 33 heavy (non-hydrogen) atoms. The van der Waals surface area contributed by atoms with Crippen LogP contribution in [0.15, 0.2) is 45.8 Å². The molecular formula is C21H21ClN4O6S. The minimum atomic E-state index is -4.03. The van der Waals surface area contributed by atoms with Gasteiger partial charge in [0.1, 0.15) is 16.4 Å². The van der Waals surface area contributed by atoms with Crippen LogP contribution in [0, 0.1) is 6.92 Å². The number of hydrogen-bond donors (Lipinski definition) is 0. The number of carbonyl (C=O) groups excluding carboxylic acids is 1. The zero-order valence-electron chi connectivity index (χ0n) is 18.1. The van der Waals surface area contributed by atoms with E-state index in [-0.39, 0.29) is 34.7 Å². The van der Waals surface area contributed by atoms with Gasteiger partial charge in [-0.2, -0.15) is 4.98 Å². The summed E-state index contributed by atoms with van der Waals surface area (Å²) in [5.74, 6) is 1.16. The van der Waals surface area contributed by atoms with Gasteiger partial charge in [0, 0.05) is 20.0 Å². The largest absolute Gasteiger partial charge is 0.494 e. The van der Waals surface area contributed by atoms with Crippen molar-refractivity contribution in [3.05, 3.63) is 53.1 Å². The van der Waals surface area contributed by atoms with Crippen molar-refractivity contribution in [3.63, 3.8) is 0 Å². The quantitative estimate of drug-likeness (QED) is 0.494. The van der Waals surface area contributed by atoms with Gasteiger partial charge in [0.2, 0.25) is 5.89 Å². The van der Waals surface area contributed by atoms with E-state index in [0.717, 1.165) is 4.31 Å². The number of benzene rings is 2. The third kappa shape index (κ3) is 4.46. The first-order valence-corrected chi connectivity index (χ1v) is 11.8. The molecule has 0 spiro atoms. The summed E-state index contributed by atoms with van der Waals surface area (Å²) in [6, 6.07) is 9.35. The Kier molecular flexibility index (Phi) is 6.17. The predicted octanol–water partition coefficient (Wildman–Crippen LogP) is 3.18. The summed E-state index contributed by atoms with van der Waals surface area (Å²) in [5, 5.41) is 3.75. The fourth-order valence-electron chi connectivity index (χ4n) is 3.33. The number of fused-ring (bicyclic) bond motifs is 1. The first kappa shape index (κ1) is 22.9. The van der Waals surface area contributed by atoms with E-state index in [1.165, 1.54) is 24.1 Å². The molecule has 3 aromatic rings. The number of sulfonamides is 1. The average Bonchev–Trinajstić information content (AvgIpc) is 3.20. The third-order valence-corrected chi connectivity index (χ3v) is 7.23. The normalized spacial score (nSPS) is 13.5. The summed E-state index contributed by atoms with van der Waals surface area (Å²) in [6.45, 7) is 3.77. The molecule has 1 amide bonds. The Morgan fingerprint density at radius 2 is 1.97 bits per heavy atom. The number of amides is 1. The van der Waals surface area contributed by atoms with Crippen molar-refractivity contribution >= 4 is 38.9 Å². The Labute approximate surface area is 195 Å². The van der Waals surface area contributed by atoms with Crippen LogP contribution in [-0.4, -0.2) is 44.7 Å². The monoisotopic (exact) mass is 492 g/mol. The molecule has 10 nitrogen and oxygen atoms in total. The molecule has 0 saturated heterocycles. The van der Waals surface area contributed by atoms with E-state index < -0.39 is 10.0 Å². The van der Waals surface area contributed by atoms with Crippen LogP contribution in [0.1, 0.15) is 18.6 Å². The molecule has 12 heteroatoms. The van der Waals surface area contributed by atoms with Crippen molar-refractivity contribution in [2.24, 2.45) is 0 Å². The molecule has 0 radical (unpaired) electrons. The SMILES string of the molecule is CCOc1ccc(N(C)S(=O)(=O)c2cc3c(cc2Cl)N(Cc2noc(C)n2)C(=O)CO3)cc1. The van der Waals surface area contributed by atoms with Gasteiger partial charge in [-0.15, -0.1) is 0 Å². The van der Waals surface area contributed by atoms with Crippen molar-refractivity contribution in [1.29, 1.82) is 0 Å². The Balaban J connectivity index is 1.67. The molecule has 0 N–H and O–H groups in total. The molecule has 0 atom stereocenters. The first-order chi connectivity index (χ1) is 15.7. The van der Waals surface area contributed by atoms with Crippen molar-refractivity contribution in [3.8, 4) is 11.5 Å². The molecule has 174 valence electrons. The van der Waals surface area contributed by atoms with Crippen LogP contribution in [0.2, 0.25) is 5.02 Å². The van der Waals surface area contributed by atoms with E-state index >= 15 is 0 Å². The lowest BCUT2D eigenvalue weighted by Crippen LogP contribution is -2.38. The second-order valence-electron chi connectivity index (χ2n) is 7.15. The van der Waals surface area contributed by atoms with Crippen LogP contribution in [0.4, 0.5) is 11.4 Å². The highest BCUT2D eigenvalue weighted by molar-refractivity contribution is 7.93. The van der Waals surface area contributed by atoms with E-state index in [0.29, 0.717) is 35.4 Å². The Bertz CT molecular complexity index is 1290. The highest BCUT2D eigenvalue weighted by Crippen LogP contribution is 2.40. The van der Waals surface area contributed by atoms with E-state index in [1.807, 2.05) is 6.92 Å². The number of nitrogens with zero attached hydrogens (tertiary/aromatic N) is 4. The second-order valence-corrected chi connectivity index (χ2v) is 9.49. The summed E-state index contributed by atoms with van der Waals surface area (Å²) >= 11 is 6.39. The maximum Gasteiger partial charge on any atom is 0.265 e. The number of aromatic nitrogens is 2. The zero-order valence-corrected chi connectivity index (χ0v) is 19.7. The number of anilines is 2. The van der Waals surface area contributed by atoms with Crippen LogP contribution in [0.5, 0.6) is 11.5 Å². The average molecular weight is 493 g/mol. The number of rotatable bonds is 7. The number of hydrogen-bond acceptors (Lipinski definition) is 8. The highest BCUT2D eigenvalue weighted by Gasteiger charge is 2.32. The van der Waals surface area contributed by atoms with Gasteiger partial charge in [-0.1, -0.05) is 16.8 Å².